The lowest BCUT2D eigenvalue weighted by Gasteiger charge is -2.60. The quantitative estimate of drug-likeness (QED) is 0.786. The third-order valence-electron chi connectivity index (χ3n) is 6.48. The summed E-state index contributed by atoms with van der Waals surface area (Å²) >= 11 is 0. The molecule has 0 N–H and O–H groups in total. The van der Waals surface area contributed by atoms with Crippen LogP contribution in [0.25, 0.3) is 0 Å². The van der Waals surface area contributed by atoms with Crippen molar-refractivity contribution in [3.05, 3.63) is 35.4 Å². The van der Waals surface area contributed by atoms with Crippen molar-refractivity contribution in [1.29, 1.82) is 0 Å². The minimum atomic E-state index is 0.539. The van der Waals surface area contributed by atoms with E-state index in [1.54, 1.807) is 0 Å². The van der Waals surface area contributed by atoms with E-state index in [1.165, 1.54) is 49.7 Å². The summed E-state index contributed by atoms with van der Waals surface area (Å²) in [6, 6.07) is 8.91. The lowest BCUT2D eigenvalue weighted by Crippen LogP contribution is -2.58. The summed E-state index contributed by atoms with van der Waals surface area (Å²) < 4.78 is 0. The summed E-state index contributed by atoms with van der Waals surface area (Å²) in [5, 5.41) is 0. The molecule has 0 radical (unpaired) electrons. The summed E-state index contributed by atoms with van der Waals surface area (Å²) in [6.45, 7) is 3.39. The van der Waals surface area contributed by atoms with Gasteiger partial charge in [-0.15, -0.1) is 0 Å². The van der Waals surface area contributed by atoms with Crippen LogP contribution in [0.4, 0.5) is 0 Å². The molecule has 0 spiro atoms. The number of benzene rings is 1. The second kappa shape index (κ2) is 4.59. The third-order valence-corrected chi connectivity index (χ3v) is 6.48. The van der Waals surface area contributed by atoms with Crippen molar-refractivity contribution in [3.63, 3.8) is 0 Å². The molecule has 0 aromatic heterocycles. The Kier molecular flexibility index (Phi) is 2.96. The van der Waals surface area contributed by atoms with Crippen LogP contribution in [0.15, 0.2) is 24.3 Å². The van der Waals surface area contributed by atoms with Gasteiger partial charge in [-0.05, 0) is 81.4 Å². The molecule has 4 bridgehead atoms. The summed E-state index contributed by atoms with van der Waals surface area (Å²) in [7, 11) is 2.39. The highest BCUT2D eigenvalue weighted by Crippen LogP contribution is 2.57. The molecule has 5 rings (SSSR count). The maximum absolute atomic E-state index is 2.72. The van der Waals surface area contributed by atoms with Crippen LogP contribution in [-0.2, 0) is 6.54 Å². The van der Waals surface area contributed by atoms with Gasteiger partial charge in [0.2, 0.25) is 0 Å². The van der Waals surface area contributed by atoms with Gasteiger partial charge in [0.15, 0.2) is 0 Å². The van der Waals surface area contributed by atoms with Crippen molar-refractivity contribution in [2.75, 3.05) is 7.05 Å². The Morgan fingerprint density at radius 1 is 1.00 bits per heavy atom. The molecule has 0 aliphatic heterocycles. The molecule has 1 aromatic rings. The van der Waals surface area contributed by atoms with Gasteiger partial charge in [0.1, 0.15) is 0 Å². The first kappa shape index (κ1) is 12.9. The van der Waals surface area contributed by atoms with Crippen LogP contribution >= 0.6 is 0 Å². The van der Waals surface area contributed by atoms with Crippen molar-refractivity contribution in [2.24, 2.45) is 17.8 Å². The Labute approximate surface area is 123 Å². The van der Waals surface area contributed by atoms with Crippen molar-refractivity contribution in [1.82, 2.24) is 4.90 Å². The van der Waals surface area contributed by atoms with Crippen LogP contribution in [0.1, 0.15) is 49.7 Å². The molecule has 0 unspecified atom stereocenters. The van der Waals surface area contributed by atoms with Crippen LogP contribution in [0, 0.1) is 24.7 Å². The first-order valence-electron chi connectivity index (χ1n) is 8.40. The molecule has 4 saturated carbocycles. The largest absolute Gasteiger partial charge is 0.296 e. The van der Waals surface area contributed by atoms with E-state index in [0.29, 0.717) is 5.54 Å². The number of hydrogen-bond donors (Lipinski definition) is 0. The molecule has 4 fully saturated rings. The van der Waals surface area contributed by atoms with Gasteiger partial charge >= 0.3 is 0 Å². The highest BCUT2D eigenvalue weighted by molar-refractivity contribution is 5.26. The van der Waals surface area contributed by atoms with Crippen LogP contribution < -0.4 is 0 Å². The highest BCUT2D eigenvalue weighted by Gasteiger charge is 2.52. The van der Waals surface area contributed by atoms with Crippen molar-refractivity contribution >= 4 is 0 Å². The Hall–Kier alpha value is -0.820. The van der Waals surface area contributed by atoms with Crippen molar-refractivity contribution < 1.29 is 0 Å². The second-order valence-corrected chi connectivity index (χ2v) is 7.92. The Balaban J connectivity index is 1.56. The topological polar surface area (TPSA) is 3.24 Å². The van der Waals surface area contributed by atoms with E-state index in [9.17, 15) is 0 Å². The van der Waals surface area contributed by atoms with E-state index in [2.05, 4.69) is 43.1 Å². The zero-order chi connectivity index (χ0) is 13.7. The zero-order valence-electron chi connectivity index (χ0n) is 12.9. The number of hydrogen-bond acceptors (Lipinski definition) is 1. The third kappa shape index (κ3) is 2.02. The number of nitrogens with zero attached hydrogens (tertiary/aromatic N) is 1. The van der Waals surface area contributed by atoms with E-state index in [0.717, 1.165) is 24.3 Å². The summed E-state index contributed by atoms with van der Waals surface area (Å²) in [4.78, 5) is 2.72. The molecule has 0 amide bonds. The number of aryl methyl sites for hydroxylation is 1. The summed E-state index contributed by atoms with van der Waals surface area (Å²) in [5.41, 5.74) is 3.51. The monoisotopic (exact) mass is 269 g/mol. The van der Waals surface area contributed by atoms with E-state index < -0.39 is 0 Å². The van der Waals surface area contributed by atoms with Crippen LogP contribution in [0.3, 0.4) is 0 Å². The minimum Gasteiger partial charge on any atom is -0.296 e. The molecule has 0 atom stereocenters. The molecule has 4 aliphatic rings. The fraction of sp³-hybridized carbons (Fsp3) is 0.684. The molecule has 1 heteroatoms. The van der Waals surface area contributed by atoms with E-state index in [-0.39, 0.29) is 0 Å². The van der Waals surface area contributed by atoms with Crippen molar-refractivity contribution in [2.45, 2.75) is 57.5 Å². The zero-order valence-corrected chi connectivity index (χ0v) is 12.9. The maximum atomic E-state index is 2.72. The Morgan fingerprint density at radius 3 is 2.10 bits per heavy atom. The van der Waals surface area contributed by atoms with E-state index in [4.69, 9.17) is 0 Å². The van der Waals surface area contributed by atoms with Crippen LogP contribution in [0.5, 0.6) is 0 Å². The minimum absolute atomic E-state index is 0.539. The SMILES string of the molecule is Cc1ccccc1CN(C)C12CC3CC(CC(C3)C1)C2. The first-order valence-corrected chi connectivity index (χ1v) is 8.40. The number of rotatable bonds is 3. The van der Waals surface area contributed by atoms with Gasteiger partial charge in [0.25, 0.3) is 0 Å². The van der Waals surface area contributed by atoms with Gasteiger partial charge in [-0.25, -0.2) is 0 Å². The molecule has 108 valence electrons. The van der Waals surface area contributed by atoms with Gasteiger partial charge in [-0.3, -0.25) is 4.90 Å². The lowest BCUT2D eigenvalue weighted by molar-refractivity contribution is -0.0822. The molecule has 20 heavy (non-hydrogen) atoms. The molecule has 0 saturated heterocycles. The first-order chi connectivity index (χ1) is 9.64. The summed E-state index contributed by atoms with van der Waals surface area (Å²) in [5.74, 6) is 3.13. The molecule has 1 nitrogen and oxygen atoms in total. The Bertz CT molecular complexity index is 469. The van der Waals surface area contributed by atoms with Crippen LogP contribution in [0.2, 0.25) is 0 Å². The molecular formula is C19H27N. The Morgan fingerprint density at radius 2 is 1.55 bits per heavy atom. The second-order valence-electron chi connectivity index (χ2n) is 7.92. The molecule has 4 aliphatic carbocycles. The molecule has 0 heterocycles. The average Bonchev–Trinajstić information content (AvgIpc) is 2.40. The molecule has 1 aromatic carbocycles. The molecular weight excluding hydrogens is 242 g/mol. The predicted octanol–water partition coefficient (Wildman–Crippen LogP) is 4.40. The maximum Gasteiger partial charge on any atom is 0.0238 e. The van der Waals surface area contributed by atoms with E-state index in [1.807, 2.05) is 0 Å². The van der Waals surface area contributed by atoms with E-state index >= 15 is 0 Å². The fourth-order valence-corrected chi connectivity index (χ4v) is 5.74. The highest BCUT2D eigenvalue weighted by atomic mass is 15.2. The van der Waals surface area contributed by atoms with Gasteiger partial charge < -0.3 is 0 Å². The van der Waals surface area contributed by atoms with Gasteiger partial charge in [0.05, 0.1) is 0 Å². The standard InChI is InChI=1S/C19H27N/c1-14-5-3-4-6-18(14)13-20(2)19-10-15-7-16(11-19)9-17(8-15)12-19/h3-6,15-17H,7-13H2,1-2H3. The smallest absolute Gasteiger partial charge is 0.0238 e. The fourth-order valence-electron chi connectivity index (χ4n) is 5.74. The summed E-state index contributed by atoms with van der Waals surface area (Å²) in [6.07, 6.45) is 9.04. The van der Waals surface area contributed by atoms with Gasteiger partial charge in [-0.1, -0.05) is 24.3 Å². The average molecular weight is 269 g/mol. The van der Waals surface area contributed by atoms with Crippen molar-refractivity contribution in [3.8, 4) is 0 Å². The lowest BCUT2D eigenvalue weighted by atomic mass is 9.52. The predicted molar refractivity (Wildman–Crippen MR) is 83.5 cm³/mol. The van der Waals surface area contributed by atoms with Gasteiger partial charge in [-0.2, -0.15) is 0 Å². The van der Waals surface area contributed by atoms with Crippen LogP contribution in [-0.4, -0.2) is 17.5 Å². The van der Waals surface area contributed by atoms with Gasteiger partial charge in [0, 0.05) is 12.1 Å². The normalized spacial score (nSPS) is 38.6.